The molecule has 2 aromatic rings. The Morgan fingerprint density at radius 2 is 1.95 bits per heavy atom. The van der Waals surface area contributed by atoms with Crippen molar-refractivity contribution >= 4 is 28.4 Å². The molecule has 0 saturated heterocycles. The average molecular weight is 305 g/mol. The molecule has 0 atom stereocenters. The molecule has 0 aliphatic rings. The van der Waals surface area contributed by atoms with Crippen molar-refractivity contribution in [2.24, 2.45) is 5.41 Å². The largest absolute Gasteiger partial charge is 0.351 e. The van der Waals surface area contributed by atoms with E-state index >= 15 is 0 Å². The molecule has 1 aromatic heterocycles. The molecule has 0 saturated carbocycles. The summed E-state index contributed by atoms with van der Waals surface area (Å²) in [6, 6.07) is 9.48. The first-order valence-electron chi connectivity index (χ1n) is 7.33. The number of hydrogen-bond acceptors (Lipinski definition) is 2. The molecule has 0 fully saturated rings. The lowest BCUT2D eigenvalue weighted by atomic mass is 9.84. The van der Waals surface area contributed by atoms with Crippen molar-refractivity contribution in [3.05, 3.63) is 42.1 Å². The van der Waals surface area contributed by atoms with Crippen LogP contribution >= 0.6 is 11.6 Å². The number of rotatable bonds is 6. The van der Waals surface area contributed by atoms with Crippen LogP contribution in [0.15, 0.2) is 36.5 Å². The SMILES string of the molecule is CCC(CC)(CCl)CNC(=O)c1cccc2cccnc12. The van der Waals surface area contributed by atoms with Crippen LogP contribution in [0.3, 0.4) is 0 Å². The number of carbonyl (C=O) groups is 1. The van der Waals surface area contributed by atoms with Gasteiger partial charge in [0.1, 0.15) is 0 Å². The number of halogens is 1. The van der Waals surface area contributed by atoms with Crippen LogP contribution in [0.5, 0.6) is 0 Å². The molecule has 3 nitrogen and oxygen atoms in total. The summed E-state index contributed by atoms with van der Waals surface area (Å²) in [6.07, 6.45) is 3.60. The smallest absolute Gasteiger partial charge is 0.253 e. The van der Waals surface area contributed by atoms with E-state index in [0.717, 1.165) is 23.7 Å². The number of alkyl halides is 1. The Balaban J connectivity index is 2.20. The van der Waals surface area contributed by atoms with Gasteiger partial charge in [-0.3, -0.25) is 9.78 Å². The van der Waals surface area contributed by atoms with Gasteiger partial charge in [-0.1, -0.05) is 32.0 Å². The van der Waals surface area contributed by atoms with Crippen molar-refractivity contribution < 1.29 is 4.79 Å². The van der Waals surface area contributed by atoms with Gasteiger partial charge in [0.25, 0.3) is 5.91 Å². The minimum Gasteiger partial charge on any atom is -0.351 e. The van der Waals surface area contributed by atoms with E-state index in [2.05, 4.69) is 24.1 Å². The molecule has 0 radical (unpaired) electrons. The second kappa shape index (κ2) is 6.90. The lowest BCUT2D eigenvalue weighted by Crippen LogP contribution is -2.38. The third kappa shape index (κ3) is 3.35. The molecule has 0 bridgehead atoms. The van der Waals surface area contributed by atoms with Crippen molar-refractivity contribution in [1.82, 2.24) is 10.3 Å². The van der Waals surface area contributed by atoms with Gasteiger partial charge < -0.3 is 5.32 Å². The van der Waals surface area contributed by atoms with E-state index in [0.29, 0.717) is 18.0 Å². The summed E-state index contributed by atoms with van der Waals surface area (Å²) in [5.74, 6) is 0.462. The minimum absolute atomic E-state index is 0.0325. The number of nitrogens with zero attached hydrogens (tertiary/aromatic N) is 1. The topological polar surface area (TPSA) is 42.0 Å². The number of nitrogens with one attached hydrogen (secondary N) is 1. The summed E-state index contributed by atoms with van der Waals surface area (Å²) in [7, 11) is 0. The second-order valence-electron chi connectivity index (χ2n) is 5.40. The Labute approximate surface area is 130 Å². The molecule has 21 heavy (non-hydrogen) atoms. The number of carbonyl (C=O) groups excluding carboxylic acids is 1. The normalized spacial score (nSPS) is 11.6. The lowest BCUT2D eigenvalue weighted by molar-refractivity contribution is 0.0933. The van der Waals surface area contributed by atoms with Crippen LogP contribution in [-0.2, 0) is 0 Å². The first-order chi connectivity index (χ1) is 10.2. The lowest BCUT2D eigenvalue weighted by Gasteiger charge is -2.29. The van der Waals surface area contributed by atoms with E-state index in [4.69, 9.17) is 11.6 Å². The summed E-state index contributed by atoms with van der Waals surface area (Å²) in [4.78, 5) is 16.8. The minimum atomic E-state index is -0.0873. The van der Waals surface area contributed by atoms with Crippen molar-refractivity contribution in [3.8, 4) is 0 Å². The molecule has 1 heterocycles. The van der Waals surface area contributed by atoms with Crippen molar-refractivity contribution in [3.63, 3.8) is 0 Å². The van der Waals surface area contributed by atoms with Crippen molar-refractivity contribution in [2.45, 2.75) is 26.7 Å². The average Bonchev–Trinajstić information content (AvgIpc) is 2.56. The maximum Gasteiger partial charge on any atom is 0.253 e. The third-order valence-electron chi connectivity index (χ3n) is 4.28. The van der Waals surface area contributed by atoms with E-state index in [1.807, 2.05) is 30.3 Å². The van der Waals surface area contributed by atoms with E-state index < -0.39 is 0 Å². The Hall–Kier alpha value is -1.61. The van der Waals surface area contributed by atoms with Crippen molar-refractivity contribution in [1.29, 1.82) is 0 Å². The van der Waals surface area contributed by atoms with Crippen LogP contribution < -0.4 is 5.32 Å². The van der Waals surface area contributed by atoms with Gasteiger partial charge in [0.05, 0.1) is 11.1 Å². The zero-order valence-electron chi connectivity index (χ0n) is 12.5. The standard InChI is InChI=1S/C17H21ClN2O/c1-3-17(4-2,11-18)12-20-16(21)14-9-5-7-13-8-6-10-19-15(13)14/h5-10H,3-4,11-12H2,1-2H3,(H,20,21). The van der Waals surface area contributed by atoms with E-state index in [9.17, 15) is 4.79 Å². The molecule has 1 amide bonds. The number of para-hydroxylation sites is 1. The molecular formula is C17H21ClN2O. The molecule has 1 aromatic carbocycles. The number of fused-ring (bicyclic) bond motifs is 1. The number of hydrogen-bond donors (Lipinski definition) is 1. The summed E-state index contributed by atoms with van der Waals surface area (Å²) in [6.45, 7) is 4.81. The molecular weight excluding hydrogens is 284 g/mol. The highest BCUT2D eigenvalue weighted by Crippen LogP contribution is 2.27. The monoisotopic (exact) mass is 304 g/mol. The Morgan fingerprint density at radius 3 is 2.62 bits per heavy atom. The summed E-state index contributed by atoms with van der Waals surface area (Å²) in [5, 5.41) is 3.99. The first-order valence-corrected chi connectivity index (χ1v) is 7.87. The zero-order valence-corrected chi connectivity index (χ0v) is 13.3. The van der Waals surface area contributed by atoms with Crippen LogP contribution in [0.4, 0.5) is 0 Å². The van der Waals surface area contributed by atoms with Crippen LogP contribution in [0.25, 0.3) is 10.9 Å². The molecule has 0 unspecified atom stereocenters. The predicted molar refractivity (Wildman–Crippen MR) is 87.8 cm³/mol. The highest BCUT2D eigenvalue weighted by molar-refractivity contribution is 6.18. The maximum atomic E-state index is 12.5. The quantitative estimate of drug-likeness (QED) is 0.819. The molecule has 2 rings (SSSR count). The van der Waals surface area contributed by atoms with Gasteiger partial charge >= 0.3 is 0 Å². The van der Waals surface area contributed by atoms with Gasteiger partial charge in [0.2, 0.25) is 0 Å². The summed E-state index contributed by atoms with van der Waals surface area (Å²) >= 11 is 6.09. The molecule has 4 heteroatoms. The number of aromatic nitrogens is 1. The molecule has 0 aliphatic heterocycles. The number of amides is 1. The van der Waals surface area contributed by atoms with Gasteiger partial charge in [-0.15, -0.1) is 11.6 Å². The van der Waals surface area contributed by atoms with E-state index in [1.54, 1.807) is 6.20 Å². The van der Waals surface area contributed by atoms with E-state index in [1.165, 1.54) is 0 Å². The Bertz CT molecular complexity index is 609. The molecule has 1 N–H and O–H groups in total. The summed E-state index contributed by atoms with van der Waals surface area (Å²) < 4.78 is 0. The second-order valence-corrected chi connectivity index (χ2v) is 5.67. The van der Waals surface area contributed by atoms with Gasteiger partial charge in [-0.2, -0.15) is 0 Å². The Morgan fingerprint density at radius 1 is 1.24 bits per heavy atom. The van der Waals surface area contributed by atoms with Gasteiger partial charge in [0.15, 0.2) is 0 Å². The molecule has 0 spiro atoms. The van der Waals surface area contributed by atoms with Gasteiger partial charge in [0, 0.05) is 29.4 Å². The zero-order chi connectivity index (χ0) is 15.3. The molecule has 0 aliphatic carbocycles. The van der Waals surface area contributed by atoms with Gasteiger partial charge in [-0.25, -0.2) is 0 Å². The summed E-state index contributed by atoms with van der Waals surface area (Å²) in [5.41, 5.74) is 1.32. The fourth-order valence-corrected chi connectivity index (χ4v) is 2.86. The highest BCUT2D eigenvalue weighted by Gasteiger charge is 2.26. The van der Waals surface area contributed by atoms with E-state index in [-0.39, 0.29) is 11.3 Å². The first kappa shape index (κ1) is 15.8. The van der Waals surface area contributed by atoms with Gasteiger partial charge in [-0.05, 0) is 25.0 Å². The number of benzene rings is 1. The van der Waals surface area contributed by atoms with Crippen LogP contribution in [0.1, 0.15) is 37.0 Å². The fraction of sp³-hybridized carbons (Fsp3) is 0.412. The predicted octanol–water partition coefficient (Wildman–Crippen LogP) is 4.01. The van der Waals surface area contributed by atoms with Crippen LogP contribution in [0, 0.1) is 5.41 Å². The fourth-order valence-electron chi connectivity index (χ4n) is 2.39. The Kier molecular flexibility index (Phi) is 5.18. The number of pyridine rings is 1. The maximum absolute atomic E-state index is 12.5. The van der Waals surface area contributed by atoms with Crippen molar-refractivity contribution in [2.75, 3.05) is 12.4 Å². The third-order valence-corrected chi connectivity index (χ3v) is 4.85. The highest BCUT2D eigenvalue weighted by atomic mass is 35.5. The molecule has 112 valence electrons. The van der Waals surface area contributed by atoms with Crippen LogP contribution in [0.2, 0.25) is 0 Å². The van der Waals surface area contributed by atoms with Crippen LogP contribution in [-0.4, -0.2) is 23.3 Å².